The van der Waals surface area contributed by atoms with Crippen LogP contribution in [0.4, 0.5) is 0 Å². The molecule has 0 radical (unpaired) electrons. The topological polar surface area (TPSA) is 64.1 Å². The first-order valence-corrected chi connectivity index (χ1v) is 9.11. The average Bonchev–Trinajstić information content (AvgIpc) is 2.45. The van der Waals surface area contributed by atoms with E-state index in [0.29, 0.717) is 24.4 Å². The van der Waals surface area contributed by atoms with Crippen LogP contribution in [0, 0.1) is 11.8 Å². The maximum Gasteiger partial charge on any atom is 0.317 e. The summed E-state index contributed by atoms with van der Waals surface area (Å²) in [7, 11) is 1.87. The van der Waals surface area contributed by atoms with Crippen LogP contribution in [-0.2, 0) is 9.59 Å². The Hall–Kier alpha value is -0.850. The lowest BCUT2D eigenvalue weighted by molar-refractivity contribution is -0.138. The maximum absolute atomic E-state index is 12.6. The quantitative estimate of drug-likeness (QED) is 0.666. The van der Waals surface area contributed by atoms with Crippen molar-refractivity contribution >= 4 is 24.3 Å². The van der Waals surface area contributed by atoms with Crippen molar-refractivity contribution in [2.75, 3.05) is 46.3 Å². The van der Waals surface area contributed by atoms with Gasteiger partial charge >= 0.3 is 5.97 Å². The van der Waals surface area contributed by atoms with Crippen LogP contribution >= 0.6 is 12.4 Å². The van der Waals surface area contributed by atoms with Gasteiger partial charge in [0.05, 0.1) is 13.1 Å². The first-order chi connectivity index (χ1) is 11.2. The van der Waals surface area contributed by atoms with Crippen LogP contribution in [0.5, 0.6) is 0 Å². The minimum absolute atomic E-state index is 0. The molecule has 0 aliphatic carbocycles. The van der Waals surface area contributed by atoms with E-state index in [-0.39, 0.29) is 24.9 Å². The van der Waals surface area contributed by atoms with Gasteiger partial charge in [-0.1, -0.05) is 27.7 Å². The fraction of sp³-hybridized carbons (Fsp3) is 0.889. The molecule has 1 aliphatic rings. The van der Waals surface area contributed by atoms with E-state index in [1.807, 2.05) is 16.8 Å². The van der Waals surface area contributed by atoms with Gasteiger partial charge in [-0.15, -0.1) is 12.4 Å². The minimum atomic E-state index is -0.784. The highest BCUT2D eigenvalue weighted by Gasteiger charge is 2.26. The summed E-state index contributed by atoms with van der Waals surface area (Å²) >= 11 is 0. The van der Waals surface area contributed by atoms with Gasteiger partial charge in [-0.2, -0.15) is 0 Å². The van der Waals surface area contributed by atoms with Crippen molar-refractivity contribution in [2.24, 2.45) is 11.8 Å². The third kappa shape index (κ3) is 9.42. The predicted molar refractivity (Wildman–Crippen MR) is 103 cm³/mol. The van der Waals surface area contributed by atoms with Crippen molar-refractivity contribution in [3.63, 3.8) is 0 Å². The summed E-state index contributed by atoms with van der Waals surface area (Å²) in [4.78, 5) is 29.6. The number of carboxylic acids is 1. The monoisotopic (exact) mass is 377 g/mol. The number of amides is 1. The largest absolute Gasteiger partial charge is 0.480 e. The van der Waals surface area contributed by atoms with Crippen molar-refractivity contribution in [2.45, 2.75) is 46.6 Å². The standard InChI is InChI=1S/C18H35N3O3.ClH/c1-14(2)10-21(11-15(3)4)17(22)12-20-8-6-16(7-9-20)19(5)13-18(23)24;/h14-16H,6-13H2,1-5H3,(H,23,24);1H. The molecule has 1 heterocycles. The van der Waals surface area contributed by atoms with Gasteiger partial charge in [-0.25, -0.2) is 0 Å². The minimum Gasteiger partial charge on any atom is -0.480 e. The summed E-state index contributed by atoms with van der Waals surface area (Å²) in [5.74, 6) is 0.383. The number of likely N-dealkylation sites (N-methyl/N-ethyl adjacent to an activating group) is 1. The van der Waals surface area contributed by atoms with Crippen LogP contribution in [-0.4, -0.2) is 84.0 Å². The van der Waals surface area contributed by atoms with Crippen molar-refractivity contribution in [3.8, 4) is 0 Å². The second kappa shape index (κ2) is 11.7. The lowest BCUT2D eigenvalue weighted by Gasteiger charge is -2.37. The number of piperidine rings is 1. The Morgan fingerprint density at radius 3 is 1.96 bits per heavy atom. The number of aliphatic carboxylic acids is 1. The van der Waals surface area contributed by atoms with Gasteiger partial charge in [-0.3, -0.25) is 19.4 Å². The Labute approximate surface area is 158 Å². The van der Waals surface area contributed by atoms with Gasteiger partial charge in [0.15, 0.2) is 0 Å². The molecule has 1 fully saturated rings. The zero-order valence-electron chi connectivity index (χ0n) is 16.4. The van der Waals surface area contributed by atoms with Gasteiger partial charge < -0.3 is 10.0 Å². The molecule has 1 rings (SSSR count). The molecule has 0 aromatic rings. The van der Waals surface area contributed by atoms with Crippen LogP contribution in [0.2, 0.25) is 0 Å². The zero-order chi connectivity index (χ0) is 18.3. The number of carbonyl (C=O) groups excluding carboxylic acids is 1. The van der Waals surface area contributed by atoms with E-state index in [0.717, 1.165) is 39.0 Å². The second-order valence-electron chi connectivity index (χ2n) is 7.90. The van der Waals surface area contributed by atoms with E-state index in [2.05, 4.69) is 32.6 Å². The molecule has 1 saturated heterocycles. The van der Waals surface area contributed by atoms with Gasteiger partial charge in [0.1, 0.15) is 0 Å². The molecule has 0 bridgehead atoms. The molecule has 6 nitrogen and oxygen atoms in total. The van der Waals surface area contributed by atoms with Gasteiger partial charge in [0.25, 0.3) is 0 Å². The number of rotatable bonds is 9. The molecule has 0 aromatic heterocycles. The Morgan fingerprint density at radius 1 is 1.08 bits per heavy atom. The highest BCUT2D eigenvalue weighted by molar-refractivity contribution is 5.85. The van der Waals surface area contributed by atoms with Gasteiger partial charge in [-0.05, 0) is 31.7 Å². The van der Waals surface area contributed by atoms with Crippen molar-refractivity contribution < 1.29 is 14.7 Å². The highest BCUT2D eigenvalue weighted by atomic mass is 35.5. The Kier molecular flexibility index (Phi) is 11.3. The molecule has 0 spiro atoms. The average molecular weight is 378 g/mol. The number of likely N-dealkylation sites (tertiary alicyclic amines) is 1. The lowest BCUT2D eigenvalue weighted by Crippen LogP contribution is -2.49. The predicted octanol–water partition coefficient (Wildman–Crippen LogP) is 2.03. The molecule has 1 N–H and O–H groups in total. The van der Waals surface area contributed by atoms with Gasteiger partial charge in [0, 0.05) is 32.2 Å². The molecule has 1 aliphatic heterocycles. The number of hydrogen-bond donors (Lipinski definition) is 1. The first kappa shape index (κ1) is 24.1. The Morgan fingerprint density at radius 2 is 1.56 bits per heavy atom. The third-order valence-corrected chi connectivity index (χ3v) is 4.45. The van der Waals surface area contributed by atoms with E-state index >= 15 is 0 Å². The summed E-state index contributed by atoms with van der Waals surface area (Å²) in [5.41, 5.74) is 0. The molecule has 25 heavy (non-hydrogen) atoms. The smallest absolute Gasteiger partial charge is 0.317 e. The van der Waals surface area contributed by atoms with Crippen molar-refractivity contribution in [3.05, 3.63) is 0 Å². The maximum atomic E-state index is 12.6. The van der Waals surface area contributed by atoms with E-state index in [9.17, 15) is 9.59 Å². The fourth-order valence-corrected chi connectivity index (χ4v) is 3.31. The van der Waals surface area contributed by atoms with Crippen LogP contribution in [0.15, 0.2) is 0 Å². The number of halogens is 1. The third-order valence-electron chi connectivity index (χ3n) is 4.45. The van der Waals surface area contributed by atoms with E-state index in [1.165, 1.54) is 0 Å². The molecule has 7 heteroatoms. The molecular weight excluding hydrogens is 342 g/mol. The Bertz CT molecular complexity index is 400. The summed E-state index contributed by atoms with van der Waals surface area (Å²) in [5, 5.41) is 8.89. The SMILES string of the molecule is CC(C)CN(CC(C)C)C(=O)CN1CCC(N(C)CC(=O)O)CC1.Cl. The molecule has 0 saturated carbocycles. The summed E-state index contributed by atoms with van der Waals surface area (Å²) in [6.07, 6.45) is 1.84. The molecule has 1 amide bonds. The normalized spacial score (nSPS) is 16.3. The fourth-order valence-electron chi connectivity index (χ4n) is 3.31. The van der Waals surface area contributed by atoms with Gasteiger partial charge in [0.2, 0.25) is 5.91 Å². The second-order valence-corrected chi connectivity index (χ2v) is 7.90. The number of nitrogens with zero attached hydrogens (tertiary/aromatic N) is 3. The van der Waals surface area contributed by atoms with Crippen LogP contribution in [0.1, 0.15) is 40.5 Å². The zero-order valence-corrected chi connectivity index (χ0v) is 17.2. The number of carboxylic acid groups (broad SMARTS) is 1. The highest BCUT2D eigenvalue weighted by Crippen LogP contribution is 2.15. The Balaban J connectivity index is 0.00000576. The number of hydrogen-bond acceptors (Lipinski definition) is 4. The first-order valence-electron chi connectivity index (χ1n) is 9.11. The van der Waals surface area contributed by atoms with Crippen LogP contribution in [0.3, 0.4) is 0 Å². The van der Waals surface area contributed by atoms with Crippen molar-refractivity contribution in [1.29, 1.82) is 0 Å². The van der Waals surface area contributed by atoms with Crippen LogP contribution < -0.4 is 0 Å². The van der Waals surface area contributed by atoms with E-state index < -0.39 is 5.97 Å². The lowest BCUT2D eigenvalue weighted by atomic mass is 10.0. The molecule has 0 aromatic carbocycles. The molecule has 0 atom stereocenters. The molecular formula is C18H36ClN3O3. The molecule has 148 valence electrons. The van der Waals surface area contributed by atoms with E-state index in [1.54, 1.807) is 0 Å². The number of carbonyl (C=O) groups is 2. The summed E-state index contributed by atoms with van der Waals surface area (Å²) < 4.78 is 0. The summed E-state index contributed by atoms with van der Waals surface area (Å²) in [6.45, 7) is 12.5. The van der Waals surface area contributed by atoms with Crippen molar-refractivity contribution in [1.82, 2.24) is 14.7 Å². The van der Waals surface area contributed by atoms with Crippen LogP contribution in [0.25, 0.3) is 0 Å². The van der Waals surface area contributed by atoms with E-state index in [4.69, 9.17) is 5.11 Å². The molecule has 0 unspecified atom stereocenters. The summed E-state index contributed by atoms with van der Waals surface area (Å²) in [6, 6.07) is 0.301.